The molecule has 0 aromatic heterocycles. The highest BCUT2D eigenvalue weighted by Gasteiger charge is 2.23. The molecule has 0 amide bonds. The van der Waals surface area contributed by atoms with Crippen molar-refractivity contribution in [2.24, 2.45) is 17.6 Å². The van der Waals surface area contributed by atoms with Crippen LogP contribution >= 0.6 is 12.2 Å². The van der Waals surface area contributed by atoms with E-state index in [1.165, 1.54) is 6.42 Å². The number of likely N-dealkylation sites (tertiary alicyclic amines) is 1. The summed E-state index contributed by atoms with van der Waals surface area (Å²) in [5, 5.41) is 8.82. The zero-order valence-electron chi connectivity index (χ0n) is 8.78. The number of hydrogen-bond donors (Lipinski definition) is 2. The normalized spacial score (nSPS) is 25.1. The zero-order chi connectivity index (χ0) is 10.6. The average molecular weight is 216 g/mol. The highest BCUT2D eigenvalue weighted by molar-refractivity contribution is 7.80. The second kappa shape index (κ2) is 5.63. The Morgan fingerprint density at radius 2 is 2.43 bits per heavy atom. The molecule has 1 heterocycles. The van der Waals surface area contributed by atoms with Crippen LogP contribution in [-0.4, -0.2) is 41.2 Å². The third-order valence-corrected chi connectivity index (χ3v) is 3.33. The van der Waals surface area contributed by atoms with Crippen molar-refractivity contribution in [1.82, 2.24) is 4.90 Å². The number of rotatable bonds is 5. The summed E-state index contributed by atoms with van der Waals surface area (Å²) in [6.07, 6.45) is 2.13. The van der Waals surface area contributed by atoms with Crippen LogP contribution in [0.15, 0.2) is 0 Å². The fourth-order valence-electron chi connectivity index (χ4n) is 1.97. The van der Waals surface area contributed by atoms with Gasteiger partial charge in [-0.1, -0.05) is 19.1 Å². The summed E-state index contributed by atoms with van der Waals surface area (Å²) < 4.78 is 0. The van der Waals surface area contributed by atoms with Crippen molar-refractivity contribution in [2.75, 3.05) is 26.2 Å². The molecule has 3 nitrogen and oxygen atoms in total. The molecule has 1 aliphatic rings. The predicted octanol–water partition coefficient (Wildman–Crippen LogP) is 0.613. The summed E-state index contributed by atoms with van der Waals surface area (Å²) in [5.41, 5.74) is 5.57. The van der Waals surface area contributed by atoms with Gasteiger partial charge in [0.1, 0.15) is 0 Å². The van der Waals surface area contributed by atoms with Gasteiger partial charge in [-0.15, -0.1) is 0 Å². The van der Waals surface area contributed by atoms with Crippen LogP contribution < -0.4 is 5.73 Å². The Balaban J connectivity index is 2.25. The second-order valence-corrected chi connectivity index (χ2v) is 4.70. The Morgan fingerprint density at radius 1 is 1.71 bits per heavy atom. The molecular formula is C10H20N2OS. The molecule has 0 saturated carbocycles. The van der Waals surface area contributed by atoms with Crippen molar-refractivity contribution in [3.8, 4) is 0 Å². The molecular weight excluding hydrogens is 196 g/mol. The lowest BCUT2D eigenvalue weighted by atomic mass is 10.1. The molecule has 1 rings (SSSR count). The second-order valence-electron chi connectivity index (χ2n) is 4.23. The monoisotopic (exact) mass is 216 g/mol. The van der Waals surface area contributed by atoms with Crippen molar-refractivity contribution in [3.05, 3.63) is 0 Å². The van der Waals surface area contributed by atoms with E-state index < -0.39 is 0 Å². The third-order valence-electron chi connectivity index (χ3n) is 2.93. The van der Waals surface area contributed by atoms with Gasteiger partial charge in [0, 0.05) is 25.6 Å². The maximum atomic E-state index is 8.82. The smallest absolute Gasteiger partial charge is 0.0768 e. The molecule has 82 valence electrons. The van der Waals surface area contributed by atoms with Crippen LogP contribution in [0.3, 0.4) is 0 Å². The Bertz CT molecular complexity index is 199. The van der Waals surface area contributed by atoms with Crippen LogP contribution in [0, 0.1) is 11.8 Å². The van der Waals surface area contributed by atoms with Crippen LogP contribution in [0.1, 0.15) is 19.8 Å². The minimum Gasteiger partial charge on any atom is -0.396 e. The first-order valence-corrected chi connectivity index (χ1v) is 5.66. The lowest BCUT2D eigenvalue weighted by Crippen LogP contribution is -2.32. The summed E-state index contributed by atoms with van der Waals surface area (Å²) in [4.78, 5) is 3.00. The van der Waals surface area contributed by atoms with E-state index in [1.807, 2.05) is 0 Å². The molecule has 0 radical (unpaired) electrons. The molecule has 14 heavy (non-hydrogen) atoms. The number of thiocarbonyl (C=S) groups is 1. The van der Waals surface area contributed by atoms with Gasteiger partial charge in [0.05, 0.1) is 4.99 Å². The van der Waals surface area contributed by atoms with Gasteiger partial charge in [0.25, 0.3) is 0 Å². The number of nitrogens with zero attached hydrogens (tertiary/aromatic N) is 1. The van der Waals surface area contributed by atoms with E-state index in [4.69, 9.17) is 23.1 Å². The van der Waals surface area contributed by atoms with Crippen LogP contribution in [0.5, 0.6) is 0 Å². The number of hydrogen-bond acceptors (Lipinski definition) is 3. The van der Waals surface area contributed by atoms with E-state index in [9.17, 15) is 0 Å². The largest absolute Gasteiger partial charge is 0.396 e. The highest BCUT2D eigenvalue weighted by atomic mass is 32.1. The van der Waals surface area contributed by atoms with E-state index in [2.05, 4.69) is 11.8 Å². The molecule has 1 fully saturated rings. The Kier molecular flexibility index (Phi) is 4.78. The SMILES string of the molecule is CC(CN1CCC(CCO)C1)C(N)=S. The molecule has 2 unspecified atom stereocenters. The van der Waals surface area contributed by atoms with Crippen molar-refractivity contribution >= 4 is 17.2 Å². The van der Waals surface area contributed by atoms with Crippen molar-refractivity contribution in [1.29, 1.82) is 0 Å². The molecule has 3 N–H and O–H groups in total. The number of nitrogens with two attached hydrogens (primary N) is 1. The van der Waals surface area contributed by atoms with E-state index in [1.54, 1.807) is 0 Å². The van der Waals surface area contributed by atoms with Gasteiger partial charge in [0.15, 0.2) is 0 Å². The first kappa shape index (κ1) is 11.9. The van der Waals surface area contributed by atoms with Gasteiger partial charge in [-0.3, -0.25) is 0 Å². The predicted molar refractivity (Wildman–Crippen MR) is 62.2 cm³/mol. The lowest BCUT2D eigenvalue weighted by Gasteiger charge is -2.19. The van der Waals surface area contributed by atoms with Gasteiger partial charge in [-0.25, -0.2) is 0 Å². The van der Waals surface area contributed by atoms with E-state index >= 15 is 0 Å². The Labute approximate surface area is 91.3 Å². The quantitative estimate of drug-likeness (QED) is 0.661. The maximum absolute atomic E-state index is 8.82. The van der Waals surface area contributed by atoms with E-state index in [0.717, 1.165) is 26.1 Å². The van der Waals surface area contributed by atoms with Crippen molar-refractivity contribution in [2.45, 2.75) is 19.8 Å². The fourth-order valence-corrected chi connectivity index (χ4v) is 2.05. The standard InChI is InChI=1S/C10H20N2OS/c1-8(10(11)14)6-12-4-2-9(7-12)3-5-13/h8-9,13H,2-7H2,1H3,(H2,11,14). The molecule has 1 saturated heterocycles. The molecule has 0 bridgehead atoms. The van der Waals surface area contributed by atoms with E-state index in [-0.39, 0.29) is 0 Å². The third kappa shape index (κ3) is 3.52. The van der Waals surface area contributed by atoms with Gasteiger partial charge >= 0.3 is 0 Å². The zero-order valence-corrected chi connectivity index (χ0v) is 9.59. The summed E-state index contributed by atoms with van der Waals surface area (Å²) in [7, 11) is 0. The lowest BCUT2D eigenvalue weighted by molar-refractivity contribution is 0.248. The number of aliphatic hydroxyl groups is 1. The number of aliphatic hydroxyl groups excluding tert-OH is 1. The minimum atomic E-state index is 0.304. The van der Waals surface area contributed by atoms with Gasteiger partial charge < -0.3 is 15.7 Å². The molecule has 4 heteroatoms. The maximum Gasteiger partial charge on any atom is 0.0768 e. The first-order valence-electron chi connectivity index (χ1n) is 5.26. The summed E-state index contributed by atoms with van der Waals surface area (Å²) in [6.45, 7) is 5.56. The van der Waals surface area contributed by atoms with E-state index in [0.29, 0.717) is 23.4 Å². The summed E-state index contributed by atoms with van der Waals surface area (Å²) in [5.74, 6) is 0.969. The summed E-state index contributed by atoms with van der Waals surface area (Å²) in [6, 6.07) is 0. The molecule has 1 aliphatic heterocycles. The Hall–Kier alpha value is -0.190. The average Bonchev–Trinajstić information content (AvgIpc) is 2.53. The molecule has 0 aliphatic carbocycles. The van der Waals surface area contributed by atoms with Crippen molar-refractivity contribution < 1.29 is 5.11 Å². The fraction of sp³-hybridized carbons (Fsp3) is 0.900. The molecule has 0 aromatic rings. The first-order chi connectivity index (χ1) is 6.63. The van der Waals surface area contributed by atoms with Crippen LogP contribution in [0.25, 0.3) is 0 Å². The molecule has 0 aromatic carbocycles. The van der Waals surface area contributed by atoms with Crippen molar-refractivity contribution in [3.63, 3.8) is 0 Å². The minimum absolute atomic E-state index is 0.304. The molecule has 0 spiro atoms. The van der Waals surface area contributed by atoms with Crippen LogP contribution in [0.2, 0.25) is 0 Å². The van der Waals surface area contributed by atoms with Crippen LogP contribution in [-0.2, 0) is 0 Å². The van der Waals surface area contributed by atoms with Gasteiger partial charge in [-0.2, -0.15) is 0 Å². The van der Waals surface area contributed by atoms with Gasteiger partial charge in [-0.05, 0) is 25.3 Å². The van der Waals surface area contributed by atoms with Crippen LogP contribution in [0.4, 0.5) is 0 Å². The molecule has 2 atom stereocenters. The summed E-state index contributed by atoms with van der Waals surface area (Å²) >= 11 is 4.94. The Morgan fingerprint density at radius 3 is 3.00 bits per heavy atom. The van der Waals surface area contributed by atoms with Gasteiger partial charge in [0.2, 0.25) is 0 Å². The highest BCUT2D eigenvalue weighted by Crippen LogP contribution is 2.19. The topological polar surface area (TPSA) is 49.5 Å².